The number of carbonyl (C=O) groups is 2. The number of aliphatic hydroxyl groups excluding tert-OH is 1. The molecule has 1 saturated heterocycles. The first-order valence-corrected chi connectivity index (χ1v) is 9.65. The van der Waals surface area contributed by atoms with Crippen LogP contribution in [0, 0.1) is 12.7 Å². The van der Waals surface area contributed by atoms with Gasteiger partial charge in [0.05, 0.1) is 11.6 Å². The first kappa shape index (κ1) is 19.9. The average Bonchev–Trinajstić information content (AvgIpc) is 2.99. The quantitative estimate of drug-likeness (QED) is 0.349. The van der Waals surface area contributed by atoms with E-state index in [-0.39, 0.29) is 16.9 Å². The molecule has 1 heterocycles. The number of anilines is 1. The van der Waals surface area contributed by atoms with Crippen LogP contribution in [-0.2, 0) is 9.59 Å². The third kappa shape index (κ3) is 3.27. The molecule has 1 fully saturated rings. The minimum atomic E-state index is -1.11. The third-order valence-electron chi connectivity index (χ3n) is 5.14. The number of amides is 1. The zero-order chi connectivity index (χ0) is 21.4. The molecule has 0 spiro atoms. The van der Waals surface area contributed by atoms with Crippen molar-refractivity contribution in [3.63, 3.8) is 0 Å². The van der Waals surface area contributed by atoms with Gasteiger partial charge in [-0.05, 0) is 48.9 Å². The zero-order valence-electron chi connectivity index (χ0n) is 16.0. The predicted molar refractivity (Wildman–Crippen MR) is 114 cm³/mol. The second-order valence-electron chi connectivity index (χ2n) is 6.98. The molecular formula is C24H17ClFNO3. The number of halogens is 2. The van der Waals surface area contributed by atoms with Crippen molar-refractivity contribution >= 4 is 34.7 Å². The normalized spacial score (nSPS) is 18.1. The van der Waals surface area contributed by atoms with E-state index < -0.39 is 23.5 Å². The van der Waals surface area contributed by atoms with Crippen molar-refractivity contribution in [2.75, 3.05) is 4.90 Å². The molecular weight excluding hydrogens is 405 g/mol. The predicted octanol–water partition coefficient (Wildman–Crippen LogP) is 5.41. The first-order valence-electron chi connectivity index (χ1n) is 9.27. The molecule has 30 heavy (non-hydrogen) atoms. The van der Waals surface area contributed by atoms with Crippen molar-refractivity contribution in [2.45, 2.75) is 13.0 Å². The van der Waals surface area contributed by atoms with E-state index in [0.29, 0.717) is 16.3 Å². The molecule has 1 amide bonds. The summed E-state index contributed by atoms with van der Waals surface area (Å²) >= 11 is 5.92. The Kier molecular flexibility index (Phi) is 5.14. The van der Waals surface area contributed by atoms with Gasteiger partial charge in [-0.2, -0.15) is 0 Å². The second-order valence-corrected chi connectivity index (χ2v) is 7.42. The van der Waals surface area contributed by atoms with Gasteiger partial charge in [-0.3, -0.25) is 14.5 Å². The maximum atomic E-state index is 14.8. The lowest BCUT2D eigenvalue weighted by Gasteiger charge is -2.27. The van der Waals surface area contributed by atoms with Crippen molar-refractivity contribution in [2.24, 2.45) is 0 Å². The molecule has 0 aliphatic carbocycles. The van der Waals surface area contributed by atoms with Gasteiger partial charge in [0, 0.05) is 21.8 Å². The lowest BCUT2D eigenvalue weighted by atomic mass is 9.94. The van der Waals surface area contributed by atoms with Crippen molar-refractivity contribution < 1.29 is 19.1 Å². The largest absolute Gasteiger partial charge is 0.507 e. The van der Waals surface area contributed by atoms with Crippen LogP contribution in [0.5, 0.6) is 0 Å². The van der Waals surface area contributed by atoms with E-state index in [1.165, 1.54) is 35.2 Å². The number of nitrogens with zero attached hydrogens (tertiary/aromatic N) is 1. The number of hydrogen-bond donors (Lipinski definition) is 1. The Bertz CT molecular complexity index is 1190. The van der Waals surface area contributed by atoms with E-state index >= 15 is 0 Å². The number of aliphatic hydroxyl groups is 1. The fraction of sp³-hybridized carbons (Fsp3) is 0.0833. The monoisotopic (exact) mass is 421 g/mol. The van der Waals surface area contributed by atoms with Crippen LogP contribution in [0.25, 0.3) is 5.76 Å². The number of ketones is 1. The topological polar surface area (TPSA) is 57.6 Å². The summed E-state index contributed by atoms with van der Waals surface area (Å²) in [6, 6.07) is 18.0. The Morgan fingerprint density at radius 3 is 2.27 bits per heavy atom. The van der Waals surface area contributed by atoms with Gasteiger partial charge in [0.25, 0.3) is 11.7 Å². The number of benzene rings is 3. The van der Waals surface area contributed by atoms with E-state index in [1.807, 2.05) is 0 Å². The molecule has 4 rings (SSSR count). The summed E-state index contributed by atoms with van der Waals surface area (Å²) in [6.07, 6.45) is 0. The summed E-state index contributed by atoms with van der Waals surface area (Å²) in [5, 5.41) is 11.4. The van der Waals surface area contributed by atoms with Gasteiger partial charge >= 0.3 is 0 Å². The van der Waals surface area contributed by atoms with Crippen LogP contribution in [0.2, 0.25) is 5.02 Å². The van der Waals surface area contributed by atoms with Crippen LogP contribution < -0.4 is 4.90 Å². The highest BCUT2D eigenvalue weighted by Crippen LogP contribution is 2.43. The highest BCUT2D eigenvalue weighted by Gasteiger charge is 2.48. The van der Waals surface area contributed by atoms with E-state index in [4.69, 9.17) is 11.6 Å². The summed E-state index contributed by atoms with van der Waals surface area (Å²) in [5.41, 5.74) is 1.48. The highest BCUT2D eigenvalue weighted by molar-refractivity contribution is 6.51. The van der Waals surface area contributed by atoms with Gasteiger partial charge < -0.3 is 5.11 Å². The molecule has 0 aromatic heterocycles. The SMILES string of the molecule is Cc1ccccc1N1C(=O)C(=O)/C(=C(/O)c2ccc(Cl)cc2)C1c1ccccc1F. The summed E-state index contributed by atoms with van der Waals surface area (Å²) < 4.78 is 14.8. The Labute approximate surface area is 177 Å². The Hall–Kier alpha value is -3.44. The average molecular weight is 422 g/mol. The number of carbonyl (C=O) groups excluding carboxylic acids is 2. The van der Waals surface area contributed by atoms with Gasteiger partial charge in [0.15, 0.2) is 0 Å². The van der Waals surface area contributed by atoms with E-state index in [9.17, 15) is 19.1 Å². The van der Waals surface area contributed by atoms with Crippen LogP contribution in [0.15, 0.2) is 78.4 Å². The van der Waals surface area contributed by atoms with Gasteiger partial charge in [0.1, 0.15) is 11.6 Å². The van der Waals surface area contributed by atoms with Crippen LogP contribution in [0.4, 0.5) is 10.1 Å². The summed E-state index contributed by atoms with van der Waals surface area (Å²) in [6.45, 7) is 1.80. The number of hydrogen-bond acceptors (Lipinski definition) is 3. The molecule has 1 N–H and O–H groups in total. The number of para-hydroxylation sites is 1. The molecule has 4 nitrogen and oxygen atoms in total. The van der Waals surface area contributed by atoms with Crippen molar-refractivity contribution in [1.82, 2.24) is 0 Å². The van der Waals surface area contributed by atoms with Crippen molar-refractivity contribution in [3.8, 4) is 0 Å². The molecule has 0 bridgehead atoms. The highest BCUT2D eigenvalue weighted by atomic mass is 35.5. The first-order chi connectivity index (χ1) is 14.4. The third-order valence-corrected chi connectivity index (χ3v) is 5.39. The molecule has 0 radical (unpaired) electrons. The van der Waals surface area contributed by atoms with E-state index in [1.54, 1.807) is 49.4 Å². The van der Waals surface area contributed by atoms with Crippen LogP contribution in [-0.4, -0.2) is 16.8 Å². The molecule has 1 aliphatic rings. The molecule has 1 unspecified atom stereocenters. The fourth-order valence-corrected chi connectivity index (χ4v) is 3.80. The number of Topliss-reactive ketones (excluding diaryl/α,β-unsaturated/α-hetero) is 1. The van der Waals surface area contributed by atoms with Gasteiger partial charge in [-0.15, -0.1) is 0 Å². The molecule has 3 aromatic rings. The van der Waals surface area contributed by atoms with Gasteiger partial charge in [-0.25, -0.2) is 4.39 Å². The molecule has 0 saturated carbocycles. The molecule has 1 atom stereocenters. The zero-order valence-corrected chi connectivity index (χ0v) is 16.7. The summed E-state index contributed by atoms with van der Waals surface area (Å²) in [4.78, 5) is 27.3. The Morgan fingerprint density at radius 2 is 1.60 bits per heavy atom. The Balaban J connectivity index is 1.99. The number of aryl methyl sites for hydroxylation is 1. The van der Waals surface area contributed by atoms with Crippen molar-refractivity contribution in [1.29, 1.82) is 0 Å². The maximum absolute atomic E-state index is 14.8. The lowest BCUT2D eigenvalue weighted by molar-refractivity contribution is -0.132. The molecule has 150 valence electrons. The van der Waals surface area contributed by atoms with Crippen LogP contribution >= 0.6 is 11.6 Å². The smallest absolute Gasteiger partial charge is 0.300 e. The van der Waals surface area contributed by atoms with Crippen LogP contribution in [0.3, 0.4) is 0 Å². The number of rotatable bonds is 3. The minimum absolute atomic E-state index is 0.121. The van der Waals surface area contributed by atoms with Crippen molar-refractivity contribution in [3.05, 3.63) is 106 Å². The van der Waals surface area contributed by atoms with E-state index in [2.05, 4.69) is 0 Å². The molecule has 1 aliphatic heterocycles. The fourth-order valence-electron chi connectivity index (χ4n) is 3.67. The van der Waals surface area contributed by atoms with Gasteiger partial charge in [0.2, 0.25) is 0 Å². The van der Waals surface area contributed by atoms with E-state index in [0.717, 1.165) is 5.56 Å². The molecule has 3 aromatic carbocycles. The summed E-state index contributed by atoms with van der Waals surface area (Å²) in [5.74, 6) is -2.66. The Morgan fingerprint density at radius 1 is 0.967 bits per heavy atom. The molecule has 6 heteroatoms. The van der Waals surface area contributed by atoms with Crippen LogP contribution in [0.1, 0.15) is 22.7 Å². The standard InChI is InChI=1S/C24H17ClFNO3/c1-14-6-2-5-9-19(14)27-21(17-7-3-4-8-18(17)26)20(23(29)24(27)30)22(28)15-10-12-16(25)13-11-15/h2-13,21,28H,1H3/b22-20+. The lowest BCUT2D eigenvalue weighted by Crippen LogP contribution is -2.30. The summed E-state index contributed by atoms with van der Waals surface area (Å²) in [7, 11) is 0. The minimum Gasteiger partial charge on any atom is -0.507 e. The van der Waals surface area contributed by atoms with Gasteiger partial charge in [-0.1, -0.05) is 48.0 Å². The maximum Gasteiger partial charge on any atom is 0.300 e. The second kappa shape index (κ2) is 7.76.